The maximum Gasteiger partial charge on any atom is -0.0207 e. The van der Waals surface area contributed by atoms with Crippen LogP contribution in [0, 0.1) is 29.1 Å². The van der Waals surface area contributed by atoms with Gasteiger partial charge in [-0.3, -0.25) is 0 Å². The van der Waals surface area contributed by atoms with Crippen LogP contribution in [0.15, 0.2) is 0 Å². The molecule has 0 heteroatoms. The molecule has 12 heavy (non-hydrogen) atoms. The van der Waals surface area contributed by atoms with Gasteiger partial charge in [-0.25, -0.2) is 0 Å². The lowest BCUT2D eigenvalue weighted by Crippen LogP contribution is -2.44. The van der Waals surface area contributed by atoms with Gasteiger partial charge >= 0.3 is 0 Å². The highest BCUT2D eigenvalue weighted by atomic mass is 14.8. The third-order valence-corrected chi connectivity index (χ3v) is 4.99. The minimum Gasteiger partial charge on any atom is -0.0683 e. The highest BCUT2D eigenvalue weighted by Gasteiger charge is 2.73. The highest BCUT2D eigenvalue weighted by Crippen LogP contribution is 2.80. The summed E-state index contributed by atoms with van der Waals surface area (Å²) in [7, 11) is 0. The third-order valence-electron chi connectivity index (χ3n) is 4.99. The Morgan fingerprint density at radius 2 is 1.75 bits per heavy atom. The van der Waals surface area contributed by atoms with Crippen LogP contribution in [0.4, 0.5) is 0 Å². The topological polar surface area (TPSA) is 0 Å². The van der Waals surface area contributed by atoms with Crippen LogP contribution < -0.4 is 0 Å². The monoisotopic (exact) mass is 166 g/mol. The summed E-state index contributed by atoms with van der Waals surface area (Å²) in [6, 6.07) is 0. The molecule has 0 aromatic rings. The lowest BCUT2D eigenvalue weighted by Gasteiger charge is -2.49. The second kappa shape index (κ2) is 2.49. The molecule has 0 bridgehead atoms. The predicted octanol–water partition coefficient (Wildman–Crippen LogP) is 3.71. The molecule has 3 aliphatic rings. The largest absolute Gasteiger partial charge is 0.0683 e. The Morgan fingerprint density at radius 3 is 2.25 bits per heavy atom. The molecule has 0 amide bonds. The average Bonchev–Trinajstić information content (AvgIpc) is 2.79. The van der Waals surface area contributed by atoms with Gasteiger partial charge < -0.3 is 0 Å². The Bertz CT molecular complexity index is 184. The summed E-state index contributed by atoms with van der Waals surface area (Å²) in [6.45, 7) is 8.94. The van der Waals surface area contributed by atoms with Crippen molar-refractivity contribution in [3.63, 3.8) is 0 Å². The van der Waals surface area contributed by atoms with Crippen LogP contribution in [-0.4, -0.2) is 0 Å². The van der Waals surface area contributed by atoms with Crippen molar-refractivity contribution in [1.82, 2.24) is 0 Å². The van der Waals surface area contributed by atoms with Crippen LogP contribution >= 0.6 is 0 Å². The summed E-state index contributed by atoms with van der Waals surface area (Å²) in [5, 5.41) is 0. The van der Waals surface area contributed by atoms with Crippen LogP contribution in [0.25, 0.3) is 0 Å². The minimum atomic E-state index is 0.930. The second-order valence-corrected chi connectivity index (χ2v) is 4.85. The van der Waals surface area contributed by atoms with Crippen LogP contribution in [0.1, 0.15) is 47.0 Å². The Kier molecular flexibility index (Phi) is 1.79. The van der Waals surface area contributed by atoms with Crippen molar-refractivity contribution in [3.05, 3.63) is 0 Å². The van der Waals surface area contributed by atoms with Crippen LogP contribution in [-0.2, 0) is 0 Å². The summed E-state index contributed by atoms with van der Waals surface area (Å²) in [5.41, 5.74) is 0.930. The smallest absolute Gasteiger partial charge is 0.0207 e. The summed E-state index contributed by atoms with van der Waals surface area (Å²) in [6.07, 6.45) is 4.73. The Balaban J connectivity index is 0.000000264. The van der Waals surface area contributed by atoms with E-state index in [2.05, 4.69) is 13.8 Å². The summed E-state index contributed by atoms with van der Waals surface area (Å²) >= 11 is 0. The van der Waals surface area contributed by atoms with E-state index in [-0.39, 0.29) is 0 Å². The van der Waals surface area contributed by atoms with Gasteiger partial charge in [-0.1, -0.05) is 27.7 Å². The zero-order chi connectivity index (χ0) is 8.93. The first kappa shape index (κ1) is 8.59. The number of rotatable bonds is 0. The van der Waals surface area contributed by atoms with Gasteiger partial charge in [-0.2, -0.15) is 0 Å². The predicted molar refractivity (Wildman–Crippen MR) is 52.9 cm³/mol. The van der Waals surface area contributed by atoms with E-state index >= 15 is 0 Å². The van der Waals surface area contributed by atoms with Crippen LogP contribution in [0.2, 0.25) is 0 Å². The molecular weight excluding hydrogens is 144 g/mol. The van der Waals surface area contributed by atoms with Crippen molar-refractivity contribution in [2.75, 3.05) is 0 Å². The zero-order valence-corrected chi connectivity index (χ0v) is 8.93. The van der Waals surface area contributed by atoms with E-state index in [1.54, 1.807) is 19.3 Å². The van der Waals surface area contributed by atoms with Gasteiger partial charge in [0.15, 0.2) is 0 Å². The summed E-state index contributed by atoms with van der Waals surface area (Å²) < 4.78 is 0. The first-order valence-corrected chi connectivity index (χ1v) is 5.77. The lowest BCUT2D eigenvalue weighted by molar-refractivity contribution is -0.0110. The Morgan fingerprint density at radius 1 is 1.08 bits per heavy atom. The standard InChI is InChI=1S/C10H16.C2H6/c1-6-7(2)10-5-8(10)3-4-9(6)10;1-2/h6-9H,3-5H2,1-2H3;1-2H3/t6-,7?,8?,9?,10?;/m1./s1. The Hall–Kier alpha value is 0. The fraction of sp³-hybridized carbons (Fsp3) is 1.00. The van der Waals surface area contributed by atoms with Crippen molar-refractivity contribution >= 4 is 0 Å². The van der Waals surface area contributed by atoms with Gasteiger partial charge in [-0.15, -0.1) is 0 Å². The molecule has 0 nitrogen and oxygen atoms in total. The molecule has 0 heterocycles. The van der Waals surface area contributed by atoms with E-state index in [4.69, 9.17) is 0 Å². The zero-order valence-electron chi connectivity index (χ0n) is 8.93. The molecule has 0 aromatic carbocycles. The minimum absolute atomic E-state index is 0.930. The van der Waals surface area contributed by atoms with Gasteiger partial charge in [0.25, 0.3) is 0 Å². The van der Waals surface area contributed by atoms with Gasteiger partial charge in [0.2, 0.25) is 0 Å². The first-order chi connectivity index (χ1) is 5.77. The van der Waals surface area contributed by atoms with Gasteiger partial charge in [0, 0.05) is 0 Å². The van der Waals surface area contributed by atoms with E-state index < -0.39 is 0 Å². The normalized spacial score (nSPS) is 59.0. The van der Waals surface area contributed by atoms with Crippen molar-refractivity contribution in [3.8, 4) is 0 Å². The first-order valence-electron chi connectivity index (χ1n) is 5.77. The van der Waals surface area contributed by atoms with Gasteiger partial charge in [0.05, 0.1) is 0 Å². The molecule has 3 fully saturated rings. The van der Waals surface area contributed by atoms with E-state index in [9.17, 15) is 0 Å². The van der Waals surface area contributed by atoms with Crippen molar-refractivity contribution in [1.29, 1.82) is 0 Å². The molecule has 0 N–H and O–H groups in total. The van der Waals surface area contributed by atoms with E-state index in [0.29, 0.717) is 0 Å². The van der Waals surface area contributed by atoms with E-state index in [1.165, 1.54) is 5.92 Å². The quantitative estimate of drug-likeness (QED) is 0.514. The molecule has 3 rings (SSSR count). The van der Waals surface area contributed by atoms with Crippen molar-refractivity contribution in [2.45, 2.75) is 47.0 Å². The second-order valence-electron chi connectivity index (χ2n) is 4.85. The summed E-state index contributed by atoms with van der Waals surface area (Å²) in [4.78, 5) is 0. The number of hydrogen-bond donors (Lipinski definition) is 0. The molecule has 0 saturated heterocycles. The van der Waals surface area contributed by atoms with Crippen molar-refractivity contribution < 1.29 is 0 Å². The molecule has 4 unspecified atom stereocenters. The van der Waals surface area contributed by atoms with E-state index in [1.807, 2.05) is 13.8 Å². The lowest BCUT2D eigenvalue weighted by atomic mass is 9.56. The molecule has 3 aliphatic carbocycles. The number of hydrogen-bond acceptors (Lipinski definition) is 0. The molecular formula is C12H22. The van der Waals surface area contributed by atoms with Crippen LogP contribution in [0.5, 0.6) is 0 Å². The maximum atomic E-state index is 2.48. The molecule has 0 radical (unpaired) electrons. The SMILES string of the molecule is CC.CC1[C@@H](C)C2CCC3CC312. The molecule has 5 atom stereocenters. The van der Waals surface area contributed by atoms with E-state index in [0.717, 1.165) is 23.2 Å². The summed E-state index contributed by atoms with van der Waals surface area (Å²) in [5.74, 6) is 4.48. The fourth-order valence-electron chi connectivity index (χ4n) is 4.21. The Labute approximate surface area is 76.7 Å². The highest BCUT2D eigenvalue weighted by molar-refractivity contribution is 5.21. The van der Waals surface area contributed by atoms with Gasteiger partial charge in [0.1, 0.15) is 0 Å². The molecule has 0 aromatic heterocycles. The fourth-order valence-corrected chi connectivity index (χ4v) is 4.21. The van der Waals surface area contributed by atoms with Crippen molar-refractivity contribution in [2.24, 2.45) is 29.1 Å². The van der Waals surface area contributed by atoms with Crippen LogP contribution in [0.3, 0.4) is 0 Å². The maximum absolute atomic E-state index is 2.48. The molecule has 1 spiro atoms. The molecule has 0 aliphatic heterocycles. The average molecular weight is 166 g/mol. The molecule has 70 valence electrons. The third kappa shape index (κ3) is 0.701. The van der Waals surface area contributed by atoms with Gasteiger partial charge in [-0.05, 0) is 48.3 Å². The molecule has 3 saturated carbocycles.